The van der Waals surface area contributed by atoms with Crippen LogP contribution >= 0.6 is 11.6 Å². The van der Waals surface area contributed by atoms with Gasteiger partial charge >= 0.3 is 5.97 Å². The Morgan fingerprint density at radius 3 is 2.90 bits per heavy atom. The van der Waals surface area contributed by atoms with E-state index in [1.165, 1.54) is 12.3 Å². The van der Waals surface area contributed by atoms with E-state index in [1.807, 2.05) is 0 Å². The first-order chi connectivity index (χ1) is 9.43. The van der Waals surface area contributed by atoms with E-state index in [-0.39, 0.29) is 17.6 Å². The molecule has 0 bridgehead atoms. The normalized spacial score (nSPS) is 26.0. The summed E-state index contributed by atoms with van der Waals surface area (Å²) < 4.78 is 0. The van der Waals surface area contributed by atoms with Crippen molar-refractivity contribution in [2.24, 2.45) is 5.41 Å². The zero-order chi connectivity index (χ0) is 14.8. The fourth-order valence-electron chi connectivity index (χ4n) is 2.58. The number of hydrogen-bond acceptors (Lipinski definition) is 3. The van der Waals surface area contributed by atoms with Gasteiger partial charge in [0.05, 0.1) is 5.41 Å². The van der Waals surface area contributed by atoms with Crippen LogP contribution in [0.2, 0.25) is 5.02 Å². The maximum atomic E-state index is 12.2. The van der Waals surface area contributed by atoms with E-state index < -0.39 is 11.4 Å². The zero-order valence-corrected chi connectivity index (χ0v) is 12.0. The van der Waals surface area contributed by atoms with E-state index in [1.54, 1.807) is 13.0 Å². The third-order valence-corrected chi connectivity index (χ3v) is 4.19. The van der Waals surface area contributed by atoms with E-state index in [2.05, 4.69) is 10.3 Å². The molecule has 6 heteroatoms. The molecule has 0 saturated heterocycles. The number of amides is 1. The molecule has 0 aliphatic heterocycles. The summed E-state index contributed by atoms with van der Waals surface area (Å²) >= 11 is 5.82. The molecule has 1 aromatic rings. The van der Waals surface area contributed by atoms with Crippen molar-refractivity contribution in [1.29, 1.82) is 0 Å². The number of nitrogens with one attached hydrogen (secondary N) is 1. The Balaban J connectivity index is 2.15. The number of aliphatic carboxylic acids is 1. The first-order valence-corrected chi connectivity index (χ1v) is 6.97. The molecule has 20 heavy (non-hydrogen) atoms. The van der Waals surface area contributed by atoms with Gasteiger partial charge in [0.2, 0.25) is 0 Å². The van der Waals surface area contributed by atoms with Crippen molar-refractivity contribution in [3.8, 4) is 0 Å². The summed E-state index contributed by atoms with van der Waals surface area (Å²) in [4.78, 5) is 27.6. The molecule has 2 N–H and O–H groups in total. The van der Waals surface area contributed by atoms with Crippen molar-refractivity contribution in [1.82, 2.24) is 10.3 Å². The van der Waals surface area contributed by atoms with Gasteiger partial charge in [0.25, 0.3) is 5.91 Å². The third-order valence-electron chi connectivity index (χ3n) is 3.96. The predicted molar refractivity (Wildman–Crippen MR) is 74.7 cm³/mol. The molecule has 5 nitrogen and oxygen atoms in total. The standard InChI is InChI=1S/C14H17ClN2O3/c1-14(13(19)20)6-3-2-4-11(14)17-12(18)10-8-9(15)5-7-16-10/h5,7-8,11H,2-4,6H2,1H3,(H,17,18)(H,19,20). The number of carbonyl (C=O) groups is 2. The average Bonchev–Trinajstić information content (AvgIpc) is 2.41. The van der Waals surface area contributed by atoms with Gasteiger partial charge in [-0.1, -0.05) is 24.4 Å². The van der Waals surface area contributed by atoms with Crippen LogP contribution < -0.4 is 5.32 Å². The monoisotopic (exact) mass is 296 g/mol. The molecule has 0 aromatic carbocycles. The van der Waals surface area contributed by atoms with Crippen LogP contribution in [-0.4, -0.2) is 28.0 Å². The van der Waals surface area contributed by atoms with Crippen LogP contribution in [0.1, 0.15) is 43.1 Å². The number of carbonyl (C=O) groups excluding carboxylic acids is 1. The van der Waals surface area contributed by atoms with Gasteiger partial charge < -0.3 is 10.4 Å². The second-order valence-corrected chi connectivity index (χ2v) is 5.79. The van der Waals surface area contributed by atoms with E-state index in [0.717, 1.165) is 12.8 Å². The summed E-state index contributed by atoms with van der Waals surface area (Å²) in [5, 5.41) is 12.6. The lowest BCUT2D eigenvalue weighted by atomic mass is 9.71. The Hall–Kier alpha value is -1.62. The summed E-state index contributed by atoms with van der Waals surface area (Å²) in [5.74, 6) is -1.26. The van der Waals surface area contributed by atoms with Crippen LogP contribution in [0.3, 0.4) is 0 Å². The van der Waals surface area contributed by atoms with Gasteiger partial charge in [0.15, 0.2) is 0 Å². The molecule has 2 unspecified atom stereocenters. The Morgan fingerprint density at radius 2 is 2.25 bits per heavy atom. The van der Waals surface area contributed by atoms with Crippen LogP contribution in [-0.2, 0) is 4.79 Å². The molecular formula is C14H17ClN2O3. The highest BCUT2D eigenvalue weighted by atomic mass is 35.5. The highest BCUT2D eigenvalue weighted by molar-refractivity contribution is 6.30. The van der Waals surface area contributed by atoms with E-state index in [4.69, 9.17) is 11.6 Å². The third kappa shape index (κ3) is 2.93. The first-order valence-electron chi connectivity index (χ1n) is 6.59. The van der Waals surface area contributed by atoms with Crippen LogP contribution in [0.5, 0.6) is 0 Å². The van der Waals surface area contributed by atoms with Gasteiger partial charge in [-0.25, -0.2) is 0 Å². The van der Waals surface area contributed by atoms with Gasteiger partial charge in [-0.15, -0.1) is 0 Å². The number of halogens is 1. The minimum absolute atomic E-state index is 0.204. The summed E-state index contributed by atoms with van der Waals surface area (Å²) in [6, 6.07) is 2.67. The molecule has 1 heterocycles. The maximum Gasteiger partial charge on any atom is 0.311 e. The number of pyridine rings is 1. The van der Waals surface area contributed by atoms with E-state index >= 15 is 0 Å². The first kappa shape index (κ1) is 14.8. The van der Waals surface area contributed by atoms with Gasteiger partial charge in [0, 0.05) is 17.3 Å². The van der Waals surface area contributed by atoms with Crippen LogP contribution in [0.4, 0.5) is 0 Å². The highest BCUT2D eigenvalue weighted by Gasteiger charge is 2.43. The van der Waals surface area contributed by atoms with Crippen molar-refractivity contribution >= 4 is 23.5 Å². The largest absolute Gasteiger partial charge is 0.481 e. The van der Waals surface area contributed by atoms with Gasteiger partial charge in [-0.05, 0) is 31.9 Å². The number of nitrogens with zero attached hydrogens (tertiary/aromatic N) is 1. The lowest BCUT2D eigenvalue weighted by Crippen LogP contribution is -2.52. The molecule has 2 atom stereocenters. The number of aromatic nitrogens is 1. The Labute approximate surface area is 122 Å². The average molecular weight is 297 g/mol. The lowest BCUT2D eigenvalue weighted by molar-refractivity contribution is -0.151. The predicted octanol–water partition coefficient (Wildman–Crippen LogP) is 2.50. The van der Waals surface area contributed by atoms with Crippen LogP contribution in [0, 0.1) is 5.41 Å². The zero-order valence-electron chi connectivity index (χ0n) is 11.2. The minimum atomic E-state index is -0.924. The highest BCUT2D eigenvalue weighted by Crippen LogP contribution is 2.36. The molecule has 1 saturated carbocycles. The lowest BCUT2D eigenvalue weighted by Gasteiger charge is -2.38. The fraction of sp³-hybridized carbons (Fsp3) is 0.500. The van der Waals surface area contributed by atoms with Crippen molar-refractivity contribution in [3.63, 3.8) is 0 Å². The summed E-state index contributed by atoms with van der Waals surface area (Å²) in [6.45, 7) is 1.69. The second kappa shape index (κ2) is 5.79. The van der Waals surface area contributed by atoms with E-state index in [0.29, 0.717) is 17.9 Å². The number of carboxylic acid groups (broad SMARTS) is 1. The summed E-state index contributed by atoms with van der Waals surface area (Å²) in [6.07, 6.45) is 4.46. The number of hydrogen-bond donors (Lipinski definition) is 2. The summed E-state index contributed by atoms with van der Waals surface area (Å²) in [5.41, 5.74) is -0.720. The molecule has 1 aliphatic rings. The van der Waals surface area contributed by atoms with E-state index in [9.17, 15) is 14.7 Å². The molecular weight excluding hydrogens is 280 g/mol. The van der Waals surface area contributed by atoms with Gasteiger partial charge in [-0.3, -0.25) is 14.6 Å². The van der Waals surface area contributed by atoms with Crippen molar-refractivity contribution in [2.75, 3.05) is 0 Å². The smallest absolute Gasteiger partial charge is 0.311 e. The second-order valence-electron chi connectivity index (χ2n) is 5.35. The van der Waals surface area contributed by atoms with Crippen molar-refractivity contribution < 1.29 is 14.7 Å². The Kier molecular flexibility index (Phi) is 4.28. The molecule has 1 aliphatic carbocycles. The Morgan fingerprint density at radius 1 is 1.50 bits per heavy atom. The fourth-order valence-corrected chi connectivity index (χ4v) is 2.74. The van der Waals surface area contributed by atoms with Gasteiger partial charge in [-0.2, -0.15) is 0 Å². The Bertz CT molecular complexity index is 535. The van der Waals surface area contributed by atoms with Crippen molar-refractivity contribution in [2.45, 2.75) is 38.6 Å². The maximum absolute atomic E-state index is 12.2. The molecule has 0 spiro atoms. The molecule has 0 radical (unpaired) electrons. The van der Waals surface area contributed by atoms with Crippen LogP contribution in [0.25, 0.3) is 0 Å². The topological polar surface area (TPSA) is 79.3 Å². The minimum Gasteiger partial charge on any atom is -0.481 e. The summed E-state index contributed by atoms with van der Waals surface area (Å²) in [7, 11) is 0. The van der Waals surface area contributed by atoms with Gasteiger partial charge in [0.1, 0.15) is 5.69 Å². The SMILES string of the molecule is CC1(C(=O)O)CCCCC1NC(=O)c1cc(Cl)ccn1. The molecule has 1 amide bonds. The molecule has 1 fully saturated rings. The number of carboxylic acids is 1. The number of rotatable bonds is 3. The molecule has 108 valence electrons. The molecule has 1 aromatic heterocycles. The molecule has 2 rings (SSSR count). The van der Waals surface area contributed by atoms with Crippen molar-refractivity contribution in [3.05, 3.63) is 29.0 Å². The van der Waals surface area contributed by atoms with Crippen LogP contribution in [0.15, 0.2) is 18.3 Å². The quantitative estimate of drug-likeness (QED) is 0.898.